The van der Waals surface area contributed by atoms with Crippen molar-refractivity contribution in [3.05, 3.63) is 58.9 Å². The van der Waals surface area contributed by atoms with E-state index in [9.17, 15) is 0 Å². The van der Waals surface area contributed by atoms with E-state index >= 15 is 0 Å². The molecule has 3 rings (SSSR count). The first-order chi connectivity index (χ1) is 11.6. The molecule has 0 aliphatic rings. The Hall–Kier alpha value is -2.54. The number of benzene rings is 1. The van der Waals surface area contributed by atoms with Crippen LogP contribution in [0.25, 0.3) is 0 Å². The van der Waals surface area contributed by atoms with Gasteiger partial charge in [-0.3, -0.25) is 0 Å². The van der Waals surface area contributed by atoms with Crippen LogP contribution >= 0.6 is 11.3 Å². The van der Waals surface area contributed by atoms with Gasteiger partial charge in [-0.2, -0.15) is 0 Å². The minimum Gasteiger partial charge on any atom is -0.347 e. The van der Waals surface area contributed by atoms with E-state index < -0.39 is 0 Å². The topological polar surface area (TPSA) is 58.0 Å². The van der Waals surface area contributed by atoms with Gasteiger partial charge in [0, 0.05) is 52.1 Å². The second-order valence-corrected chi connectivity index (χ2v) is 6.82. The summed E-state index contributed by atoms with van der Waals surface area (Å²) in [6.07, 6.45) is 4.52. The zero-order valence-corrected chi connectivity index (χ0v) is 14.9. The predicted octanol–water partition coefficient (Wildman–Crippen LogP) is 2.62. The molecule has 0 unspecified atom stereocenters. The lowest BCUT2D eigenvalue weighted by molar-refractivity contribution is 0.869. The Labute approximate surface area is 145 Å². The van der Waals surface area contributed by atoms with Crippen LogP contribution in [0.1, 0.15) is 16.1 Å². The van der Waals surface area contributed by atoms with E-state index in [0.29, 0.717) is 12.5 Å². The van der Waals surface area contributed by atoms with Gasteiger partial charge in [0.25, 0.3) is 0 Å². The van der Waals surface area contributed by atoms with Crippen molar-refractivity contribution in [3.63, 3.8) is 0 Å². The maximum absolute atomic E-state index is 4.34. The van der Waals surface area contributed by atoms with Gasteiger partial charge in [0.2, 0.25) is 11.1 Å². The predicted molar refractivity (Wildman–Crippen MR) is 97.6 cm³/mol. The summed E-state index contributed by atoms with van der Waals surface area (Å²) in [5.41, 5.74) is 2.29. The molecule has 0 saturated heterocycles. The fourth-order valence-electron chi connectivity index (χ4n) is 2.24. The monoisotopic (exact) mass is 340 g/mol. The summed E-state index contributed by atoms with van der Waals surface area (Å²) in [6.45, 7) is 0.702. The van der Waals surface area contributed by atoms with Gasteiger partial charge < -0.3 is 9.80 Å². The van der Waals surface area contributed by atoms with E-state index in [2.05, 4.69) is 37.2 Å². The maximum atomic E-state index is 4.34. The Kier molecular flexibility index (Phi) is 5.00. The van der Waals surface area contributed by atoms with E-state index in [1.165, 1.54) is 5.56 Å². The van der Waals surface area contributed by atoms with Gasteiger partial charge in [0.05, 0.1) is 0 Å². The van der Waals surface area contributed by atoms with Crippen LogP contribution < -0.4 is 9.80 Å². The van der Waals surface area contributed by atoms with Gasteiger partial charge >= 0.3 is 0 Å². The van der Waals surface area contributed by atoms with Crippen molar-refractivity contribution < 1.29 is 0 Å². The molecule has 0 N–H and O–H groups in total. The Bertz CT molecular complexity index is 769. The molecule has 0 aliphatic carbocycles. The Morgan fingerprint density at radius 3 is 2.29 bits per heavy atom. The molecule has 0 fully saturated rings. The van der Waals surface area contributed by atoms with Gasteiger partial charge in [0.15, 0.2) is 0 Å². The SMILES string of the molecule is CN(C)c1ncc(CN(C)c2nnc(Cc3ccccc3)s2)cn1. The lowest BCUT2D eigenvalue weighted by Crippen LogP contribution is -2.17. The van der Waals surface area contributed by atoms with Crippen LogP contribution in [-0.2, 0) is 13.0 Å². The highest BCUT2D eigenvalue weighted by Crippen LogP contribution is 2.22. The van der Waals surface area contributed by atoms with Crippen LogP contribution in [0.5, 0.6) is 0 Å². The molecule has 0 bridgehead atoms. The summed E-state index contributed by atoms with van der Waals surface area (Å²) in [4.78, 5) is 12.6. The molecule has 6 nitrogen and oxygen atoms in total. The average molecular weight is 340 g/mol. The van der Waals surface area contributed by atoms with Crippen LogP contribution in [0.4, 0.5) is 11.1 Å². The number of hydrogen-bond donors (Lipinski definition) is 0. The Balaban J connectivity index is 1.64. The normalized spacial score (nSPS) is 10.6. The van der Waals surface area contributed by atoms with Crippen LogP contribution in [0, 0.1) is 0 Å². The standard InChI is InChI=1S/C17H20N6S/c1-22(2)16-18-10-14(11-19-16)12-23(3)17-21-20-15(24-17)9-13-7-5-4-6-8-13/h4-8,10-11H,9,12H2,1-3H3. The molecule has 7 heteroatoms. The molecule has 0 atom stereocenters. The summed E-state index contributed by atoms with van der Waals surface area (Å²) in [6, 6.07) is 10.3. The van der Waals surface area contributed by atoms with Crippen molar-refractivity contribution in [1.82, 2.24) is 20.2 Å². The summed E-state index contributed by atoms with van der Waals surface area (Å²) in [7, 11) is 5.86. The van der Waals surface area contributed by atoms with Crippen molar-refractivity contribution in [2.45, 2.75) is 13.0 Å². The van der Waals surface area contributed by atoms with Crippen molar-refractivity contribution in [3.8, 4) is 0 Å². The molecule has 2 heterocycles. The molecule has 124 valence electrons. The molecule has 0 amide bonds. The molecule has 0 aliphatic heterocycles. The number of rotatable bonds is 6. The minimum absolute atomic E-state index is 0.702. The van der Waals surface area contributed by atoms with E-state index in [-0.39, 0.29) is 0 Å². The maximum Gasteiger partial charge on any atom is 0.224 e. The third kappa shape index (κ3) is 4.05. The van der Waals surface area contributed by atoms with Gasteiger partial charge in [-0.1, -0.05) is 41.7 Å². The fourth-order valence-corrected chi connectivity index (χ4v) is 3.08. The van der Waals surface area contributed by atoms with Gasteiger partial charge in [-0.25, -0.2) is 9.97 Å². The lowest BCUT2D eigenvalue weighted by Gasteiger charge is -2.15. The smallest absolute Gasteiger partial charge is 0.224 e. The minimum atomic E-state index is 0.702. The first kappa shape index (κ1) is 16.3. The van der Waals surface area contributed by atoms with E-state index in [1.807, 2.05) is 56.6 Å². The molecule has 0 radical (unpaired) electrons. The van der Waals surface area contributed by atoms with E-state index in [1.54, 1.807) is 11.3 Å². The first-order valence-electron chi connectivity index (χ1n) is 7.67. The number of hydrogen-bond acceptors (Lipinski definition) is 7. The highest BCUT2D eigenvalue weighted by atomic mass is 32.1. The van der Waals surface area contributed by atoms with Crippen molar-refractivity contribution in [2.24, 2.45) is 0 Å². The molecule has 0 spiro atoms. The van der Waals surface area contributed by atoms with Crippen molar-refractivity contribution in [2.75, 3.05) is 30.9 Å². The summed E-state index contributed by atoms with van der Waals surface area (Å²) in [5.74, 6) is 0.711. The molecular formula is C17H20N6S. The fraction of sp³-hybridized carbons (Fsp3) is 0.294. The summed E-state index contributed by atoms with van der Waals surface area (Å²) in [5, 5.41) is 10.5. The van der Waals surface area contributed by atoms with E-state index in [0.717, 1.165) is 22.1 Å². The zero-order chi connectivity index (χ0) is 16.9. The van der Waals surface area contributed by atoms with Crippen LogP contribution in [0.2, 0.25) is 0 Å². The van der Waals surface area contributed by atoms with Gasteiger partial charge in [-0.15, -0.1) is 10.2 Å². The van der Waals surface area contributed by atoms with Gasteiger partial charge in [0.1, 0.15) is 5.01 Å². The molecule has 1 aromatic carbocycles. The summed E-state index contributed by atoms with van der Waals surface area (Å²) < 4.78 is 0. The van der Waals surface area contributed by atoms with Crippen molar-refractivity contribution >= 4 is 22.4 Å². The zero-order valence-electron chi connectivity index (χ0n) is 14.0. The second-order valence-electron chi connectivity index (χ2n) is 5.78. The van der Waals surface area contributed by atoms with Crippen LogP contribution in [0.15, 0.2) is 42.7 Å². The molecule has 3 aromatic rings. The lowest BCUT2D eigenvalue weighted by atomic mass is 10.2. The second kappa shape index (κ2) is 7.35. The molecule has 24 heavy (non-hydrogen) atoms. The Morgan fingerprint density at radius 1 is 0.917 bits per heavy atom. The molecule has 2 aromatic heterocycles. The molecule has 0 saturated carbocycles. The van der Waals surface area contributed by atoms with Crippen molar-refractivity contribution in [1.29, 1.82) is 0 Å². The third-order valence-electron chi connectivity index (χ3n) is 3.49. The highest BCUT2D eigenvalue weighted by molar-refractivity contribution is 7.15. The summed E-state index contributed by atoms with van der Waals surface area (Å²) >= 11 is 1.62. The quantitative estimate of drug-likeness (QED) is 0.687. The first-order valence-corrected chi connectivity index (χ1v) is 8.49. The Morgan fingerprint density at radius 2 is 1.62 bits per heavy atom. The highest BCUT2D eigenvalue weighted by Gasteiger charge is 2.10. The van der Waals surface area contributed by atoms with E-state index in [4.69, 9.17) is 0 Å². The number of anilines is 2. The number of aromatic nitrogens is 4. The number of nitrogens with zero attached hydrogens (tertiary/aromatic N) is 6. The van der Waals surface area contributed by atoms with Gasteiger partial charge in [-0.05, 0) is 5.56 Å². The van der Waals surface area contributed by atoms with Crippen LogP contribution in [-0.4, -0.2) is 41.3 Å². The third-order valence-corrected chi connectivity index (χ3v) is 4.53. The average Bonchev–Trinajstić information content (AvgIpc) is 3.05. The molecular weight excluding hydrogens is 320 g/mol. The largest absolute Gasteiger partial charge is 0.347 e. The van der Waals surface area contributed by atoms with Crippen LogP contribution in [0.3, 0.4) is 0 Å².